The van der Waals surface area contributed by atoms with E-state index in [-0.39, 0.29) is 23.0 Å². The van der Waals surface area contributed by atoms with Crippen LogP contribution >= 0.6 is 0 Å². The largest absolute Gasteiger partial charge is 0.508 e. The quantitative estimate of drug-likeness (QED) is 0.423. The van der Waals surface area contributed by atoms with Crippen LogP contribution in [0.4, 0.5) is 11.4 Å². The second kappa shape index (κ2) is 5.46. The lowest BCUT2D eigenvalue weighted by atomic mass is 10.0. The summed E-state index contributed by atoms with van der Waals surface area (Å²) >= 11 is 0. The Morgan fingerprint density at radius 2 is 2.11 bits per heavy atom. The Balaban J connectivity index is 2.98. The third-order valence-corrected chi connectivity index (χ3v) is 2.46. The fraction of sp³-hybridized carbons (Fsp3) is 0.364. The average Bonchev–Trinajstić information content (AvgIpc) is 2.29. The van der Waals surface area contributed by atoms with E-state index in [0.717, 1.165) is 6.07 Å². The summed E-state index contributed by atoms with van der Waals surface area (Å²) in [6.45, 7) is 3.55. The van der Waals surface area contributed by atoms with Crippen LogP contribution in [-0.4, -0.2) is 22.0 Å². The number of nitro benzene ring substituents is 1. The molecule has 0 aliphatic rings. The number of rotatable bonds is 4. The van der Waals surface area contributed by atoms with Crippen LogP contribution in [-0.2, 0) is 4.79 Å². The van der Waals surface area contributed by atoms with Crippen molar-refractivity contribution in [1.29, 1.82) is 0 Å². The number of phenolic OH excluding ortho intramolecular Hbond substituents is 1. The molecule has 0 aliphatic heterocycles. The summed E-state index contributed by atoms with van der Waals surface area (Å²) in [6, 6.07) is 2.73. The van der Waals surface area contributed by atoms with Crippen LogP contribution in [0, 0.1) is 16.0 Å². The first-order valence-corrected chi connectivity index (χ1v) is 5.36. The third kappa shape index (κ3) is 3.17. The van der Waals surface area contributed by atoms with Gasteiger partial charge in [-0.25, -0.2) is 0 Å². The number of nitrogens with two attached hydrogens (primary N) is 1. The van der Waals surface area contributed by atoms with Gasteiger partial charge in [0.25, 0.3) is 5.69 Å². The van der Waals surface area contributed by atoms with Crippen molar-refractivity contribution in [3.63, 3.8) is 0 Å². The van der Waals surface area contributed by atoms with Gasteiger partial charge in [0.1, 0.15) is 11.4 Å². The summed E-state index contributed by atoms with van der Waals surface area (Å²) in [6.07, 6.45) is 0. The van der Waals surface area contributed by atoms with Crippen molar-refractivity contribution in [3.05, 3.63) is 28.3 Å². The fourth-order valence-electron chi connectivity index (χ4n) is 1.30. The lowest BCUT2D eigenvalue weighted by Crippen LogP contribution is -2.39. The van der Waals surface area contributed by atoms with Crippen LogP contribution in [0.5, 0.6) is 5.75 Å². The lowest BCUT2D eigenvalue weighted by molar-refractivity contribution is -0.384. The SMILES string of the molecule is CC(C)[C@H](N)C(=O)Nc1ccc(O)cc1[N+](=O)[O-]. The summed E-state index contributed by atoms with van der Waals surface area (Å²) in [4.78, 5) is 21.8. The zero-order valence-electron chi connectivity index (χ0n) is 10.1. The van der Waals surface area contributed by atoms with E-state index in [9.17, 15) is 20.0 Å². The molecule has 1 atom stereocenters. The molecule has 0 bridgehead atoms. The normalized spacial score (nSPS) is 12.2. The number of phenols is 1. The van der Waals surface area contributed by atoms with Crippen LogP contribution in [0.2, 0.25) is 0 Å². The van der Waals surface area contributed by atoms with E-state index in [0.29, 0.717) is 0 Å². The number of nitro groups is 1. The minimum Gasteiger partial charge on any atom is -0.508 e. The predicted molar refractivity (Wildman–Crippen MR) is 66.2 cm³/mol. The van der Waals surface area contributed by atoms with Crippen LogP contribution in [0.25, 0.3) is 0 Å². The smallest absolute Gasteiger partial charge is 0.296 e. The summed E-state index contributed by atoms with van der Waals surface area (Å²) in [5.41, 5.74) is 5.27. The van der Waals surface area contributed by atoms with Gasteiger partial charge in [-0.15, -0.1) is 0 Å². The Morgan fingerprint density at radius 1 is 1.50 bits per heavy atom. The number of nitrogens with one attached hydrogen (secondary N) is 1. The number of amides is 1. The van der Waals surface area contributed by atoms with Gasteiger partial charge in [-0.05, 0) is 18.1 Å². The van der Waals surface area contributed by atoms with Crippen molar-refractivity contribution < 1.29 is 14.8 Å². The predicted octanol–water partition coefficient (Wildman–Crippen LogP) is 1.22. The molecule has 18 heavy (non-hydrogen) atoms. The number of hydrogen-bond donors (Lipinski definition) is 3. The van der Waals surface area contributed by atoms with Gasteiger partial charge in [0.05, 0.1) is 17.0 Å². The monoisotopic (exact) mass is 253 g/mol. The molecule has 0 heterocycles. The number of carbonyl (C=O) groups is 1. The van der Waals surface area contributed by atoms with E-state index in [2.05, 4.69) is 5.32 Å². The van der Waals surface area contributed by atoms with Gasteiger partial charge in [0.15, 0.2) is 0 Å². The summed E-state index contributed by atoms with van der Waals surface area (Å²) < 4.78 is 0. The van der Waals surface area contributed by atoms with E-state index in [1.165, 1.54) is 12.1 Å². The van der Waals surface area contributed by atoms with Crippen molar-refractivity contribution in [2.45, 2.75) is 19.9 Å². The Bertz CT molecular complexity index is 473. The van der Waals surface area contributed by atoms with Gasteiger partial charge < -0.3 is 16.2 Å². The highest BCUT2D eigenvalue weighted by molar-refractivity contribution is 5.96. The van der Waals surface area contributed by atoms with E-state index in [1.54, 1.807) is 13.8 Å². The lowest BCUT2D eigenvalue weighted by Gasteiger charge is -2.15. The van der Waals surface area contributed by atoms with Gasteiger partial charge >= 0.3 is 0 Å². The maximum absolute atomic E-state index is 11.7. The van der Waals surface area contributed by atoms with E-state index in [4.69, 9.17) is 5.73 Å². The summed E-state index contributed by atoms with van der Waals surface area (Å²) in [5.74, 6) is -0.826. The maximum Gasteiger partial charge on any atom is 0.296 e. The maximum atomic E-state index is 11.7. The summed E-state index contributed by atoms with van der Waals surface area (Å²) in [5, 5.41) is 22.3. The number of nitrogens with zero attached hydrogens (tertiary/aromatic N) is 1. The Labute approximate surface area is 104 Å². The number of benzene rings is 1. The van der Waals surface area contributed by atoms with Gasteiger partial charge in [-0.1, -0.05) is 13.8 Å². The zero-order chi connectivity index (χ0) is 13.9. The van der Waals surface area contributed by atoms with Crippen molar-refractivity contribution in [2.24, 2.45) is 11.7 Å². The first kappa shape index (κ1) is 13.9. The molecular formula is C11H15N3O4. The Kier molecular flexibility index (Phi) is 4.22. The first-order chi connectivity index (χ1) is 8.32. The fourth-order valence-corrected chi connectivity index (χ4v) is 1.30. The molecule has 0 saturated carbocycles. The van der Waals surface area contributed by atoms with Crippen LogP contribution in [0.15, 0.2) is 18.2 Å². The molecule has 7 nitrogen and oxygen atoms in total. The molecule has 1 aromatic carbocycles. The van der Waals surface area contributed by atoms with E-state index in [1.807, 2.05) is 0 Å². The minimum absolute atomic E-state index is 0.0129. The molecule has 7 heteroatoms. The number of carbonyl (C=O) groups excluding carboxylic acids is 1. The second-order valence-electron chi connectivity index (χ2n) is 4.22. The van der Waals surface area contributed by atoms with Crippen molar-refractivity contribution in [2.75, 3.05) is 5.32 Å². The molecular weight excluding hydrogens is 238 g/mol. The number of aromatic hydroxyl groups is 1. The van der Waals surface area contributed by atoms with Crippen molar-refractivity contribution in [1.82, 2.24) is 0 Å². The van der Waals surface area contributed by atoms with Gasteiger partial charge in [0, 0.05) is 0 Å². The van der Waals surface area contributed by atoms with Crippen LogP contribution in [0.1, 0.15) is 13.8 Å². The molecule has 1 amide bonds. The minimum atomic E-state index is -0.751. The topological polar surface area (TPSA) is 118 Å². The highest BCUT2D eigenvalue weighted by Gasteiger charge is 2.21. The van der Waals surface area contributed by atoms with Gasteiger partial charge in [0.2, 0.25) is 5.91 Å². The molecule has 4 N–H and O–H groups in total. The van der Waals surface area contributed by atoms with E-state index < -0.39 is 16.9 Å². The molecule has 1 aromatic rings. The van der Waals surface area contributed by atoms with Gasteiger partial charge in [-0.3, -0.25) is 14.9 Å². The first-order valence-electron chi connectivity index (χ1n) is 5.36. The van der Waals surface area contributed by atoms with Crippen molar-refractivity contribution in [3.8, 4) is 5.75 Å². The zero-order valence-corrected chi connectivity index (χ0v) is 10.1. The molecule has 0 spiro atoms. The molecule has 0 saturated heterocycles. The van der Waals surface area contributed by atoms with E-state index >= 15 is 0 Å². The molecule has 0 fully saturated rings. The molecule has 0 aromatic heterocycles. The highest BCUT2D eigenvalue weighted by atomic mass is 16.6. The molecule has 98 valence electrons. The highest BCUT2D eigenvalue weighted by Crippen LogP contribution is 2.28. The van der Waals surface area contributed by atoms with Crippen LogP contribution in [0.3, 0.4) is 0 Å². The standard InChI is InChI=1S/C11H15N3O4/c1-6(2)10(12)11(16)13-8-4-3-7(15)5-9(8)14(17)18/h3-6,10,15H,12H2,1-2H3,(H,13,16)/t10-/m0/s1. The van der Waals surface area contributed by atoms with Crippen molar-refractivity contribution >= 4 is 17.3 Å². The number of hydrogen-bond acceptors (Lipinski definition) is 5. The van der Waals surface area contributed by atoms with Gasteiger partial charge in [-0.2, -0.15) is 0 Å². The number of anilines is 1. The molecule has 0 aliphatic carbocycles. The molecule has 0 radical (unpaired) electrons. The average molecular weight is 253 g/mol. The second-order valence-corrected chi connectivity index (χ2v) is 4.22. The molecule has 0 unspecified atom stereocenters. The molecule has 1 rings (SSSR count). The van der Waals surface area contributed by atoms with Crippen LogP contribution < -0.4 is 11.1 Å². The summed E-state index contributed by atoms with van der Waals surface area (Å²) in [7, 11) is 0. The third-order valence-electron chi connectivity index (χ3n) is 2.46. The Hall–Kier alpha value is -2.15. The Morgan fingerprint density at radius 3 is 2.61 bits per heavy atom.